The zero-order valence-electron chi connectivity index (χ0n) is 15.1. The van der Waals surface area contributed by atoms with Crippen molar-refractivity contribution in [3.05, 3.63) is 0 Å². The van der Waals surface area contributed by atoms with Gasteiger partial charge in [0.2, 0.25) is 11.8 Å². The molecule has 2 saturated carbocycles. The number of nitrogens with one attached hydrogen (secondary N) is 2. The first kappa shape index (κ1) is 20.8. The molecule has 0 spiro atoms. The van der Waals surface area contributed by atoms with E-state index in [9.17, 15) is 9.59 Å². The standard InChI is InChI=1S/C19H32Cl2N2O2/c20-11-9-18(24)22-16-5-1-14(2-6-16)13-15-3-7-17(8-4-15)23-19(25)10-12-21/h14-17H,1-13H2,(H,22,24)(H,23,25). The van der Waals surface area contributed by atoms with Gasteiger partial charge in [0.1, 0.15) is 0 Å². The molecule has 0 radical (unpaired) electrons. The van der Waals surface area contributed by atoms with Crippen LogP contribution in [0.2, 0.25) is 0 Å². The van der Waals surface area contributed by atoms with Crippen LogP contribution in [0, 0.1) is 11.8 Å². The summed E-state index contributed by atoms with van der Waals surface area (Å²) in [4.78, 5) is 23.3. The van der Waals surface area contributed by atoms with E-state index in [1.165, 1.54) is 32.1 Å². The van der Waals surface area contributed by atoms with Crippen LogP contribution in [0.25, 0.3) is 0 Å². The van der Waals surface area contributed by atoms with Crippen LogP contribution >= 0.6 is 23.2 Å². The van der Waals surface area contributed by atoms with Gasteiger partial charge in [0.15, 0.2) is 0 Å². The van der Waals surface area contributed by atoms with E-state index in [1.807, 2.05) is 0 Å². The fourth-order valence-corrected chi connectivity index (χ4v) is 4.67. The van der Waals surface area contributed by atoms with Crippen molar-refractivity contribution in [1.82, 2.24) is 10.6 Å². The predicted octanol–water partition coefficient (Wildman–Crippen LogP) is 3.98. The molecule has 0 unspecified atom stereocenters. The molecule has 4 nitrogen and oxygen atoms in total. The number of hydrogen-bond acceptors (Lipinski definition) is 2. The van der Waals surface area contributed by atoms with Crippen molar-refractivity contribution in [3.63, 3.8) is 0 Å². The van der Waals surface area contributed by atoms with Gasteiger partial charge in [0, 0.05) is 36.7 Å². The van der Waals surface area contributed by atoms with E-state index in [0.29, 0.717) is 36.7 Å². The topological polar surface area (TPSA) is 58.2 Å². The van der Waals surface area contributed by atoms with Gasteiger partial charge in [0.25, 0.3) is 0 Å². The number of carbonyl (C=O) groups excluding carboxylic acids is 2. The van der Waals surface area contributed by atoms with Crippen molar-refractivity contribution in [2.24, 2.45) is 11.8 Å². The molecule has 0 aromatic heterocycles. The van der Waals surface area contributed by atoms with Gasteiger partial charge in [-0.2, -0.15) is 0 Å². The van der Waals surface area contributed by atoms with Gasteiger partial charge in [-0.1, -0.05) is 0 Å². The number of rotatable bonds is 8. The van der Waals surface area contributed by atoms with Gasteiger partial charge in [-0.15, -0.1) is 23.2 Å². The number of hydrogen-bond donors (Lipinski definition) is 2. The highest BCUT2D eigenvalue weighted by atomic mass is 35.5. The molecular formula is C19H32Cl2N2O2. The second-order valence-corrected chi connectivity index (χ2v) is 8.44. The Morgan fingerprint density at radius 1 is 0.680 bits per heavy atom. The Kier molecular flexibility index (Phi) is 9.40. The second-order valence-electron chi connectivity index (χ2n) is 7.68. The average Bonchev–Trinajstić information content (AvgIpc) is 2.59. The lowest BCUT2D eigenvalue weighted by atomic mass is 9.75. The Bertz CT molecular complexity index is 380. The number of carbonyl (C=O) groups is 2. The van der Waals surface area contributed by atoms with Crippen LogP contribution in [0.3, 0.4) is 0 Å². The Labute approximate surface area is 161 Å². The van der Waals surface area contributed by atoms with E-state index in [4.69, 9.17) is 23.2 Å². The molecule has 0 atom stereocenters. The zero-order valence-corrected chi connectivity index (χ0v) is 16.6. The molecule has 2 fully saturated rings. The Morgan fingerprint density at radius 3 is 1.36 bits per heavy atom. The molecular weight excluding hydrogens is 359 g/mol. The summed E-state index contributed by atoms with van der Waals surface area (Å²) in [7, 11) is 0. The first-order chi connectivity index (χ1) is 12.1. The molecule has 0 aliphatic heterocycles. The van der Waals surface area contributed by atoms with E-state index in [-0.39, 0.29) is 11.8 Å². The van der Waals surface area contributed by atoms with Gasteiger partial charge in [0.05, 0.1) is 0 Å². The van der Waals surface area contributed by atoms with Crippen molar-refractivity contribution < 1.29 is 9.59 Å². The van der Waals surface area contributed by atoms with Crippen LogP contribution in [0.4, 0.5) is 0 Å². The third kappa shape index (κ3) is 7.74. The highest BCUT2D eigenvalue weighted by Crippen LogP contribution is 2.35. The minimum Gasteiger partial charge on any atom is -0.353 e. The van der Waals surface area contributed by atoms with Crippen molar-refractivity contribution in [3.8, 4) is 0 Å². The summed E-state index contributed by atoms with van der Waals surface area (Å²) >= 11 is 11.2. The van der Waals surface area contributed by atoms with Gasteiger partial charge < -0.3 is 10.6 Å². The SMILES string of the molecule is O=C(CCCl)NC1CCC(CC2CCC(NC(=O)CCCl)CC2)CC1. The second kappa shape index (κ2) is 11.3. The van der Waals surface area contributed by atoms with Crippen molar-refractivity contribution >= 4 is 35.0 Å². The zero-order chi connectivity index (χ0) is 18.1. The monoisotopic (exact) mass is 390 g/mol. The highest BCUT2D eigenvalue weighted by molar-refractivity contribution is 6.19. The lowest BCUT2D eigenvalue weighted by Crippen LogP contribution is -2.39. The largest absolute Gasteiger partial charge is 0.353 e. The van der Waals surface area contributed by atoms with E-state index in [2.05, 4.69) is 10.6 Å². The van der Waals surface area contributed by atoms with Gasteiger partial charge >= 0.3 is 0 Å². The molecule has 6 heteroatoms. The summed E-state index contributed by atoms with van der Waals surface area (Å²) < 4.78 is 0. The molecule has 2 aliphatic carbocycles. The van der Waals surface area contributed by atoms with E-state index >= 15 is 0 Å². The molecule has 25 heavy (non-hydrogen) atoms. The maximum Gasteiger partial charge on any atom is 0.221 e. The Hall–Kier alpha value is -0.480. The van der Waals surface area contributed by atoms with E-state index in [0.717, 1.165) is 37.5 Å². The van der Waals surface area contributed by atoms with Crippen LogP contribution in [0.15, 0.2) is 0 Å². The minimum absolute atomic E-state index is 0.0907. The fraction of sp³-hybridized carbons (Fsp3) is 0.895. The third-order valence-corrected chi connectivity index (χ3v) is 6.11. The first-order valence-corrected chi connectivity index (χ1v) is 10.9. The predicted molar refractivity (Wildman–Crippen MR) is 103 cm³/mol. The van der Waals surface area contributed by atoms with Crippen molar-refractivity contribution in [2.75, 3.05) is 11.8 Å². The molecule has 2 rings (SSSR count). The molecule has 144 valence electrons. The molecule has 2 aliphatic rings. The first-order valence-electron chi connectivity index (χ1n) is 9.81. The lowest BCUT2D eigenvalue weighted by molar-refractivity contribution is -0.122. The lowest BCUT2D eigenvalue weighted by Gasteiger charge is -2.34. The van der Waals surface area contributed by atoms with Crippen molar-refractivity contribution in [1.29, 1.82) is 0 Å². The number of amides is 2. The highest BCUT2D eigenvalue weighted by Gasteiger charge is 2.27. The summed E-state index contributed by atoms with van der Waals surface area (Å²) in [5.74, 6) is 2.58. The van der Waals surface area contributed by atoms with Gasteiger partial charge in [-0.25, -0.2) is 0 Å². The maximum atomic E-state index is 11.6. The molecule has 2 N–H and O–H groups in total. The number of alkyl halides is 2. The van der Waals surface area contributed by atoms with Crippen molar-refractivity contribution in [2.45, 2.75) is 82.7 Å². The molecule has 2 amide bonds. The third-order valence-electron chi connectivity index (χ3n) is 5.73. The van der Waals surface area contributed by atoms with Crippen LogP contribution in [-0.2, 0) is 9.59 Å². The molecule has 0 aromatic carbocycles. The Morgan fingerprint density at radius 2 is 1.04 bits per heavy atom. The van der Waals surface area contributed by atoms with Crippen LogP contribution in [-0.4, -0.2) is 35.7 Å². The molecule has 0 heterocycles. The van der Waals surface area contributed by atoms with Crippen LogP contribution in [0.1, 0.15) is 70.6 Å². The van der Waals surface area contributed by atoms with Crippen LogP contribution in [0.5, 0.6) is 0 Å². The van der Waals surface area contributed by atoms with Gasteiger partial charge in [-0.3, -0.25) is 9.59 Å². The quantitative estimate of drug-likeness (QED) is 0.615. The number of halogens is 2. The maximum absolute atomic E-state index is 11.6. The average molecular weight is 391 g/mol. The summed E-state index contributed by atoms with van der Waals surface area (Å²) in [6.45, 7) is 0. The summed E-state index contributed by atoms with van der Waals surface area (Å²) in [5, 5.41) is 6.21. The molecule has 0 saturated heterocycles. The van der Waals surface area contributed by atoms with Gasteiger partial charge in [-0.05, 0) is 69.6 Å². The normalized spacial score (nSPS) is 29.8. The van der Waals surface area contributed by atoms with E-state index < -0.39 is 0 Å². The Balaban J connectivity index is 1.60. The molecule has 0 bridgehead atoms. The summed E-state index contributed by atoms with van der Waals surface area (Å²) in [6.07, 6.45) is 11.4. The summed E-state index contributed by atoms with van der Waals surface area (Å²) in [6, 6.07) is 0.694. The fourth-order valence-electron chi connectivity index (χ4n) is 4.33. The molecule has 0 aromatic rings. The van der Waals surface area contributed by atoms with E-state index in [1.54, 1.807) is 0 Å². The minimum atomic E-state index is 0.0907. The summed E-state index contributed by atoms with van der Waals surface area (Å²) in [5.41, 5.74) is 0. The smallest absolute Gasteiger partial charge is 0.221 e. The van der Waals surface area contributed by atoms with Crippen LogP contribution < -0.4 is 10.6 Å².